The van der Waals surface area contributed by atoms with Crippen molar-refractivity contribution in [2.45, 2.75) is 25.6 Å². The fourth-order valence-corrected chi connectivity index (χ4v) is 4.44. The maximum absolute atomic E-state index is 6.38. The molecule has 0 saturated heterocycles. The van der Waals surface area contributed by atoms with E-state index in [0.717, 1.165) is 39.0 Å². The van der Waals surface area contributed by atoms with Crippen molar-refractivity contribution in [3.63, 3.8) is 0 Å². The van der Waals surface area contributed by atoms with Gasteiger partial charge in [-0.2, -0.15) is 5.10 Å². The van der Waals surface area contributed by atoms with E-state index in [1.807, 2.05) is 36.4 Å². The lowest BCUT2D eigenvalue weighted by atomic mass is 9.95. The van der Waals surface area contributed by atoms with Crippen LogP contribution in [-0.4, -0.2) is 10.7 Å². The number of benzene rings is 3. The molecule has 0 N–H and O–H groups in total. The molecular formula is C23H18BrClN2O. The summed E-state index contributed by atoms with van der Waals surface area (Å²) in [5.41, 5.74) is 5.63. The van der Waals surface area contributed by atoms with Crippen LogP contribution in [0.3, 0.4) is 0 Å². The lowest BCUT2D eigenvalue weighted by Crippen LogP contribution is -2.33. The lowest BCUT2D eigenvalue weighted by Gasteiger charge is -2.38. The van der Waals surface area contributed by atoms with Gasteiger partial charge in [0.15, 0.2) is 0 Å². The first-order valence-electron chi connectivity index (χ1n) is 9.23. The van der Waals surface area contributed by atoms with Crippen LogP contribution in [0.15, 0.2) is 76.3 Å². The summed E-state index contributed by atoms with van der Waals surface area (Å²) in [7, 11) is 0. The van der Waals surface area contributed by atoms with Crippen molar-refractivity contribution in [3.8, 4) is 5.75 Å². The molecule has 0 spiro atoms. The van der Waals surface area contributed by atoms with E-state index >= 15 is 0 Å². The van der Waals surface area contributed by atoms with Crippen LogP contribution in [0.25, 0.3) is 0 Å². The second-order valence-electron chi connectivity index (χ2n) is 7.22. The number of ether oxygens (including phenoxy) is 1. The van der Waals surface area contributed by atoms with Gasteiger partial charge in [-0.3, -0.25) is 0 Å². The van der Waals surface area contributed by atoms with E-state index in [0.29, 0.717) is 5.02 Å². The molecule has 0 bridgehead atoms. The molecule has 140 valence electrons. The normalized spacial score (nSPS) is 20.2. The smallest absolute Gasteiger partial charge is 0.213 e. The molecule has 3 nitrogen and oxygen atoms in total. The Hall–Kier alpha value is -2.30. The number of halogens is 2. The number of hydrogen-bond acceptors (Lipinski definition) is 3. The Kier molecular flexibility index (Phi) is 4.41. The molecule has 0 saturated carbocycles. The number of nitrogens with zero attached hydrogens (tertiary/aromatic N) is 2. The number of rotatable bonds is 2. The molecule has 0 fully saturated rings. The number of aryl methyl sites for hydroxylation is 1. The van der Waals surface area contributed by atoms with E-state index < -0.39 is 0 Å². The zero-order chi connectivity index (χ0) is 19.3. The average Bonchev–Trinajstić information content (AvgIpc) is 3.14. The molecule has 3 aromatic carbocycles. The molecule has 5 rings (SSSR count). The Morgan fingerprint density at radius 2 is 1.89 bits per heavy atom. The van der Waals surface area contributed by atoms with E-state index in [2.05, 4.69) is 58.2 Å². The molecule has 2 aliphatic rings. The summed E-state index contributed by atoms with van der Waals surface area (Å²) in [4.78, 5) is 0. The fraction of sp³-hybridized carbons (Fsp3) is 0.174. The van der Waals surface area contributed by atoms with Gasteiger partial charge in [-0.15, -0.1) is 0 Å². The molecule has 5 heteroatoms. The van der Waals surface area contributed by atoms with Crippen molar-refractivity contribution < 1.29 is 4.74 Å². The highest BCUT2D eigenvalue weighted by Crippen LogP contribution is 2.48. The minimum Gasteiger partial charge on any atom is -0.464 e. The van der Waals surface area contributed by atoms with Crippen LogP contribution in [0, 0.1) is 6.92 Å². The van der Waals surface area contributed by atoms with Crippen molar-refractivity contribution in [1.82, 2.24) is 5.01 Å². The molecule has 2 heterocycles. The van der Waals surface area contributed by atoms with Gasteiger partial charge in [-0.25, -0.2) is 5.01 Å². The highest BCUT2D eigenvalue weighted by Gasteiger charge is 2.41. The van der Waals surface area contributed by atoms with Gasteiger partial charge in [0.05, 0.1) is 11.8 Å². The first-order valence-corrected chi connectivity index (χ1v) is 10.4. The summed E-state index contributed by atoms with van der Waals surface area (Å²) in [5, 5.41) is 7.77. The number of hydrogen-bond donors (Lipinski definition) is 0. The first kappa shape index (κ1) is 17.8. The summed E-state index contributed by atoms with van der Waals surface area (Å²) in [6.45, 7) is 2.10. The standard InChI is InChI=1S/C23H18BrClN2O/c1-14-5-7-15(8-6-14)20-13-21-19-12-17(24)9-10-22(19)28-23(27(21)26-20)16-3-2-4-18(25)11-16/h2-12,21,23H,13H2,1H3/t21-,23+/m0/s1. The van der Waals surface area contributed by atoms with Gasteiger partial charge in [-0.1, -0.05) is 69.5 Å². The van der Waals surface area contributed by atoms with Crippen LogP contribution in [0.1, 0.15) is 40.9 Å². The minimum atomic E-state index is -0.305. The predicted molar refractivity (Wildman–Crippen MR) is 116 cm³/mol. The Labute approximate surface area is 177 Å². The monoisotopic (exact) mass is 452 g/mol. The summed E-state index contributed by atoms with van der Waals surface area (Å²) in [6.07, 6.45) is 0.535. The molecule has 28 heavy (non-hydrogen) atoms. The van der Waals surface area contributed by atoms with Gasteiger partial charge in [0, 0.05) is 27.0 Å². The molecule has 0 aliphatic carbocycles. The quantitative estimate of drug-likeness (QED) is 0.434. The van der Waals surface area contributed by atoms with Gasteiger partial charge >= 0.3 is 0 Å². The second-order valence-corrected chi connectivity index (χ2v) is 8.57. The maximum atomic E-state index is 6.38. The summed E-state index contributed by atoms with van der Waals surface area (Å²) in [5.74, 6) is 0.898. The van der Waals surface area contributed by atoms with Gasteiger partial charge < -0.3 is 4.74 Å². The Morgan fingerprint density at radius 3 is 2.68 bits per heavy atom. The van der Waals surface area contributed by atoms with Crippen LogP contribution in [0.2, 0.25) is 5.02 Å². The largest absolute Gasteiger partial charge is 0.464 e. The van der Waals surface area contributed by atoms with E-state index in [1.54, 1.807) is 0 Å². The Bertz CT molecular complexity index is 1080. The molecule has 0 amide bonds. The summed E-state index contributed by atoms with van der Waals surface area (Å²) < 4.78 is 7.43. The maximum Gasteiger partial charge on any atom is 0.213 e. The molecule has 0 unspecified atom stereocenters. The third-order valence-electron chi connectivity index (χ3n) is 5.27. The highest BCUT2D eigenvalue weighted by atomic mass is 79.9. The zero-order valence-electron chi connectivity index (χ0n) is 15.3. The van der Waals surface area contributed by atoms with Gasteiger partial charge in [0.1, 0.15) is 5.75 Å². The van der Waals surface area contributed by atoms with Crippen molar-refractivity contribution in [1.29, 1.82) is 0 Å². The SMILES string of the molecule is Cc1ccc(C2=NN3[C@@H](c4cccc(Cl)c4)Oc4ccc(Br)cc4[C@@H]3C2)cc1. The van der Waals surface area contributed by atoms with E-state index in [1.165, 1.54) is 5.56 Å². The van der Waals surface area contributed by atoms with Crippen LogP contribution < -0.4 is 4.74 Å². The van der Waals surface area contributed by atoms with E-state index in [9.17, 15) is 0 Å². The van der Waals surface area contributed by atoms with Gasteiger partial charge in [0.25, 0.3) is 0 Å². The summed E-state index contributed by atoms with van der Waals surface area (Å²) >= 11 is 9.85. The first-order chi connectivity index (χ1) is 13.6. The molecular weight excluding hydrogens is 436 g/mol. The fourth-order valence-electron chi connectivity index (χ4n) is 3.86. The van der Waals surface area contributed by atoms with Gasteiger partial charge in [0.2, 0.25) is 6.23 Å². The van der Waals surface area contributed by atoms with Crippen molar-refractivity contribution in [2.24, 2.45) is 5.10 Å². The highest BCUT2D eigenvalue weighted by molar-refractivity contribution is 9.10. The average molecular weight is 454 g/mol. The van der Waals surface area contributed by atoms with E-state index in [-0.39, 0.29) is 12.3 Å². The molecule has 2 atom stereocenters. The van der Waals surface area contributed by atoms with Crippen molar-refractivity contribution in [3.05, 3.63) is 98.5 Å². The van der Waals surface area contributed by atoms with Crippen LogP contribution >= 0.6 is 27.5 Å². The molecule has 0 aromatic heterocycles. The van der Waals surface area contributed by atoms with Crippen LogP contribution in [-0.2, 0) is 0 Å². The number of fused-ring (bicyclic) bond motifs is 3. The topological polar surface area (TPSA) is 24.8 Å². The third kappa shape index (κ3) is 3.11. The predicted octanol–water partition coefficient (Wildman–Crippen LogP) is 6.65. The van der Waals surface area contributed by atoms with Gasteiger partial charge in [-0.05, 0) is 42.8 Å². The third-order valence-corrected chi connectivity index (χ3v) is 6.00. The van der Waals surface area contributed by atoms with Crippen molar-refractivity contribution in [2.75, 3.05) is 0 Å². The summed E-state index contributed by atoms with van der Waals surface area (Å²) in [6, 6.07) is 22.7. The Balaban J connectivity index is 1.61. The number of hydrazone groups is 1. The molecule has 0 radical (unpaired) electrons. The second kappa shape index (κ2) is 6.94. The zero-order valence-corrected chi connectivity index (χ0v) is 17.6. The van der Waals surface area contributed by atoms with E-state index in [4.69, 9.17) is 21.4 Å². The molecule has 3 aromatic rings. The van der Waals surface area contributed by atoms with Crippen LogP contribution in [0.4, 0.5) is 0 Å². The molecule has 2 aliphatic heterocycles. The Morgan fingerprint density at radius 1 is 1.07 bits per heavy atom. The lowest BCUT2D eigenvalue weighted by molar-refractivity contribution is -0.0190. The minimum absolute atomic E-state index is 0.126. The van der Waals surface area contributed by atoms with Crippen LogP contribution in [0.5, 0.6) is 5.75 Å². The van der Waals surface area contributed by atoms with Crippen molar-refractivity contribution >= 4 is 33.2 Å².